The highest BCUT2D eigenvalue weighted by Crippen LogP contribution is 2.21. The highest BCUT2D eigenvalue weighted by molar-refractivity contribution is 7.80. The Kier molecular flexibility index (Phi) is 5.00. The summed E-state index contributed by atoms with van der Waals surface area (Å²) in [4.78, 5) is 4.53. The molecular weight excluding hydrogens is 321 g/mol. The number of anilines is 2. The zero-order chi connectivity index (χ0) is 17.1. The number of para-hydroxylation sites is 1. The molecule has 0 saturated carbocycles. The van der Waals surface area contributed by atoms with E-state index in [9.17, 15) is 4.39 Å². The summed E-state index contributed by atoms with van der Waals surface area (Å²) in [6.45, 7) is 7.45. The van der Waals surface area contributed by atoms with E-state index in [1.54, 1.807) is 13.0 Å². The van der Waals surface area contributed by atoms with Gasteiger partial charge in [0, 0.05) is 37.6 Å². The van der Waals surface area contributed by atoms with Gasteiger partial charge in [0.25, 0.3) is 0 Å². The van der Waals surface area contributed by atoms with Crippen molar-refractivity contribution in [2.45, 2.75) is 13.8 Å². The first-order chi connectivity index (χ1) is 11.5. The number of nitrogens with one attached hydrogen (secondary N) is 1. The van der Waals surface area contributed by atoms with Crippen molar-refractivity contribution in [2.75, 3.05) is 36.4 Å². The molecule has 0 atom stereocenters. The summed E-state index contributed by atoms with van der Waals surface area (Å²) < 4.78 is 13.6. The molecule has 5 heteroatoms. The van der Waals surface area contributed by atoms with Crippen molar-refractivity contribution >= 4 is 28.7 Å². The van der Waals surface area contributed by atoms with Gasteiger partial charge >= 0.3 is 0 Å². The standard InChI is InChI=1S/C19H22FN3S/c1-14-7-8-16(13-17(14)20)21-19(24)23-11-9-22(10-12-23)18-6-4-3-5-15(18)2/h3-8,13H,9-12H2,1-2H3,(H,21,24). The number of halogens is 1. The van der Waals surface area contributed by atoms with Crippen molar-refractivity contribution in [3.8, 4) is 0 Å². The number of aryl methyl sites for hydroxylation is 2. The fraction of sp³-hybridized carbons (Fsp3) is 0.316. The van der Waals surface area contributed by atoms with Gasteiger partial charge < -0.3 is 15.1 Å². The molecule has 2 aromatic rings. The predicted molar refractivity (Wildman–Crippen MR) is 102 cm³/mol. The average molecular weight is 343 g/mol. The van der Waals surface area contributed by atoms with Crippen molar-refractivity contribution in [1.82, 2.24) is 4.90 Å². The molecule has 1 aliphatic heterocycles. The second-order valence-electron chi connectivity index (χ2n) is 6.15. The van der Waals surface area contributed by atoms with Gasteiger partial charge in [-0.15, -0.1) is 0 Å². The Balaban J connectivity index is 1.59. The third kappa shape index (κ3) is 3.67. The van der Waals surface area contributed by atoms with E-state index in [2.05, 4.69) is 46.3 Å². The maximum absolute atomic E-state index is 13.6. The summed E-state index contributed by atoms with van der Waals surface area (Å²) in [5.74, 6) is -0.216. The van der Waals surface area contributed by atoms with Crippen LogP contribution < -0.4 is 10.2 Å². The molecule has 3 nitrogen and oxygen atoms in total. The molecule has 126 valence electrons. The van der Waals surface area contributed by atoms with Gasteiger partial charge in [-0.1, -0.05) is 24.3 Å². The van der Waals surface area contributed by atoms with Gasteiger partial charge in [0.15, 0.2) is 5.11 Å². The molecule has 0 amide bonds. The van der Waals surface area contributed by atoms with Crippen molar-refractivity contribution in [3.05, 3.63) is 59.4 Å². The largest absolute Gasteiger partial charge is 0.368 e. The maximum Gasteiger partial charge on any atom is 0.173 e. The molecular formula is C19H22FN3S. The molecule has 0 unspecified atom stereocenters. The van der Waals surface area contributed by atoms with E-state index in [4.69, 9.17) is 12.2 Å². The number of nitrogens with zero attached hydrogens (tertiary/aromatic N) is 2. The normalized spacial score (nSPS) is 14.6. The first-order valence-corrected chi connectivity index (χ1v) is 8.58. The zero-order valence-corrected chi connectivity index (χ0v) is 14.9. The Morgan fingerprint density at radius 3 is 2.38 bits per heavy atom. The van der Waals surface area contributed by atoms with Gasteiger partial charge in [-0.2, -0.15) is 0 Å². The SMILES string of the molecule is Cc1ccc(NC(=S)N2CCN(c3ccccc3C)CC2)cc1F. The second kappa shape index (κ2) is 7.18. The second-order valence-corrected chi connectivity index (χ2v) is 6.54. The van der Waals surface area contributed by atoms with Gasteiger partial charge in [-0.05, 0) is 55.4 Å². The van der Waals surface area contributed by atoms with E-state index in [1.165, 1.54) is 17.3 Å². The van der Waals surface area contributed by atoms with Crippen LogP contribution >= 0.6 is 12.2 Å². The fourth-order valence-electron chi connectivity index (χ4n) is 2.94. The Morgan fingerprint density at radius 1 is 1.00 bits per heavy atom. The van der Waals surface area contributed by atoms with Crippen LogP contribution in [0.1, 0.15) is 11.1 Å². The summed E-state index contributed by atoms with van der Waals surface area (Å²) in [7, 11) is 0. The van der Waals surface area contributed by atoms with E-state index in [-0.39, 0.29) is 5.82 Å². The first kappa shape index (κ1) is 16.7. The molecule has 1 heterocycles. The van der Waals surface area contributed by atoms with Crippen LogP contribution in [0.3, 0.4) is 0 Å². The number of piperazine rings is 1. The lowest BCUT2D eigenvalue weighted by molar-refractivity contribution is 0.390. The number of rotatable bonds is 2. The molecule has 2 aromatic carbocycles. The summed E-state index contributed by atoms with van der Waals surface area (Å²) in [6.07, 6.45) is 0. The molecule has 24 heavy (non-hydrogen) atoms. The topological polar surface area (TPSA) is 18.5 Å². The van der Waals surface area contributed by atoms with Gasteiger partial charge in [-0.3, -0.25) is 0 Å². The van der Waals surface area contributed by atoms with E-state index < -0.39 is 0 Å². The molecule has 1 N–H and O–H groups in total. The molecule has 0 spiro atoms. The van der Waals surface area contributed by atoms with Crippen molar-refractivity contribution < 1.29 is 4.39 Å². The third-order valence-electron chi connectivity index (χ3n) is 4.45. The lowest BCUT2D eigenvalue weighted by atomic mass is 10.1. The Bertz CT molecular complexity index is 739. The molecule has 0 bridgehead atoms. The van der Waals surface area contributed by atoms with Crippen LogP contribution in [0.15, 0.2) is 42.5 Å². The lowest BCUT2D eigenvalue weighted by Gasteiger charge is -2.38. The molecule has 1 fully saturated rings. The molecule has 1 saturated heterocycles. The van der Waals surface area contributed by atoms with Gasteiger partial charge in [0.1, 0.15) is 5.82 Å². The van der Waals surface area contributed by atoms with E-state index in [1.807, 2.05) is 6.07 Å². The first-order valence-electron chi connectivity index (χ1n) is 8.17. The molecule has 3 rings (SSSR count). The lowest BCUT2D eigenvalue weighted by Crippen LogP contribution is -2.50. The van der Waals surface area contributed by atoms with E-state index >= 15 is 0 Å². The monoisotopic (exact) mass is 343 g/mol. The predicted octanol–water partition coefficient (Wildman–Crippen LogP) is 3.96. The number of benzene rings is 2. The summed E-state index contributed by atoms with van der Waals surface area (Å²) >= 11 is 5.49. The number of hydrogen-bond donors (Lipinski definition) is 1. The van der Waals surface area contributed by atoms with E-state index in [0.29, 0.717) is 16.4 Å². The zero-order valence-electron chi connectivity index (χ0n) is 14.1. The van der Waals surface area contributed by atoms with E-state index in [0.717, 1.165) is 26.2 Å². The van der Waals surface area contributed by atoms with Gasteiger partial charge in [0.2, 0.25) is 0 Å². The summed E-state index contributed by atoms with van der Waals surface area (Å²) in [5.41, 5.74) is 3.92. The van der Waals surface area contributed by atoms with Gasteiger partial charge in [0.05, 0.1) is 0 Å². The Hall–Kier alpha value is -2.14. The fourth-order valence-corrected chi connectivity index (χ4v) is 3.24. The number of thiocarbonyl (C=S) groups is 1. The van der Waals surface area contributed by atoms with Crippen LogP contribution in [0, 0.1) is 19.7 Å². The van der Waals surface area contributed by atoms with Crippen LogP contribution in [0.4, 0.5) is 15.8 Å². The molecule has 0 aliphatic carbocycles. The molecule has 0 aromatic heterocycles. The smallest absolute Gasteiger partial charge is 0.173 e. The van der Waals surface area contributed by atoms with Gasteiger partial charge in [-0.25, -0.2) is 4.39 Å². The van der Waals surface area contributed by atoms with Crippen molar-refractivity contribution in [3.63, 3.8) is 0 Å². The number of hydrogen-bond acceptors (Lipinski definition) is 2. The van der Waals surface area contributed by atoms with Crippen molar-refractivity contribution in [1.29, 1.82) is 0 Å². The van der Waals surface area contributed by atoms with Crippen LogP contribution in [0.25, 0.3) is 0 Å². The quantitative estimate of drug-likeness (QED) is 0.832. The molecule has 0 radical (unpaired) electrons. The summed E-state index contributed by atoms with van der Waals surface area (Å²) in [6, 6.07) is 13.5. The average Bonchev–Trinajstić information content (AvgIpc) is 2.59. The van der Waals surface area contributed by atoms with Crippen LogP contribution in [-0.2, 0) is 0 Å². The highest BCUT2D eigenvalue weighted by atomic mass is 32.1. The van der Waals surface area contributed by atoms with Crippen LogP contribution in [0.2, 0.25) is 0 Å². The van der Waals surface area contributed by atoms with Crippen LogP contribution in [0.5, 0.6) is 0 Å². The Labute approximate surface area is 148 Å². The minimum Gasteiger partial charge on any atom is -0.368 e. The molecule has 1 aliphatic rings. The highest BCUT2D eigenvalue weighted by Gasteiger charge is 2.20. The minimum atomic E-state index is -0.216. The third-order valence-corrected chi connectivity index (χ3v) is 4.81. The van der Waals surface area contributed by atoms with Crippen LogP contribution in [-0.4, -0.2) is 36.2 Å². The van der Waals surface area contributed by atoms with Crippen molar-refractivity contribution in [2.24, 2.45) is 0 Å². The maximum atomic E-state index is 13.6. The minimum absolute atomic E-state index is 0.216. The Morgan fingerprint density at radius 2 is 1.71 bits per heavy atom. The summed E-state index contributed by atoms with van der Waals surface area (Å²) in [5, 5.41) is 3.80.